The molecule has 3 aromatic rings. The number of nitrogens with one attached hydrogen (secondary N) is 1. The van der Waals surface area contributed by atoms with Gasteiger partial charge in [-0.1, -0.05) is 36.4 Å². The Morgan fingerprint density at radius 3 is 2.33 bits per heavy atom. The highest BCUT2D eigenvalue weighted by atomic mass is 19.1. The number of esters is 1. The third kappa shape index (κ3) is 5.79. The van der Waals surface area contributed by atoms with E-state index in [1.165, 1.54) is 24.3 Å². The Kier molecular flexibility index (Phi) is 7.86. The summed E-state index contributed by atoms with van der Waals surface area (Å²) in [6, 6.07) is 15.0. The summed E-state index contributed by atoms with van der Waals surface area (Å²) in [5.41, 5.74) is 1.43. The smallest absolute Gasteiger partial charge is 0.309 e. The van der Waals surface area contributed by atoms with Gasteiger partial charge in [0.25, 0.3) is 5.91 Å². The van der Waals surface area contributed by atoms with Gasteiger partial charge in [0.15, 0.2) is 0 Å². The first-order valence-corrected chi connectivity index (χ1v) is 10.2. The van der Waals surface area contributed by atoms with Crippen molar-refractivity contribution in [2.75, 3.05) is 18.5 Å². The Morgan fingerprint density at radius 2 is 1.67 bits per heavy atom. The summed E-state index contributed by atoms with van der Waals surface area (Å²) >= 11 is 0. The number of amides is 1. The molecule has 3 rings (SSSR count). The zero-order chi connectivity index (χ0) is 23.8. The first-order chi connectivity index (χ1) is 15.9. The van der Waals surface area contributed by atoms with Crippen LogP contribution in [0, 0.1) is 11.6 Å². The maximum atomic E-state index is 14.5. The number of benzene rings is 3. The predicted molar refractivity (Wildman–Crippen MR) is 119 cm³/mol. The molecule has 0 aliphatic rings. The molecule has 0 saturated heterocycles. The van der Waals surface area contributed by atoms with Crippen molar-refractivity contribution in [3.05, 3.63) is 72.3 Å². The molecule has 0 aromatic heterocycles. The number of anilines is 1. The van der Waals surface area contributed by atoms with Crippen LogP contribution >= 0.6 is 0 Å². The Morgan fingerprint density at radius 1 is 0.970 bits per heavy atom. The standard InChI is InChI=1S/C25H21F2NO5/c1-2-32-24(31)12-13-33-22-14-16(10-11-21(22)28-23(30)15-29)17-6-3-4-7-18(17)25-19(26)8-5-9-20(25)27/h3-11,14-15H,2,12-13H2,1H3,(H,28,30). The monoisotopic (exact) mass is 453 g/mol. The van der Waals surface area contributed by atoms with Crippen LogP contribution in [-0.4, -0.2) is 31.4 Å². The van der Waals surface area contributed by atoms with Crippen molar-refractivity contribution in [3.8, 4) is 28.0 Å². The maximum Gasteiger partial charge on any atom is 0.309 e. The second kappa shape index (κ2) is 11.0. The number of hydrogen-bond acceptors (Lipinski definition) is 5. The van der Waals surface area contributed by atoms with Gasteiger partial charge in [0.05, 0.1) is 30.9 Å². The van der Waals surface area contributed by atoms with Crippen LogP contribution in [0.2, 0.25) is 0 Å². The van der Waals surface area contributed by atoms with Crippen LogP contribution in [0.25, 0.3) is 22.3 Å². The molecular weight excluding hydrogens is 432 g/mol. The van der Waals surface area contributed by atoms with Crippen molar-refractivity contribution in [2.24, 2.45) is 0 Å². The van der Waals surface area contributed by atoms with Gasteiger partial charge < -0.3 is 14.8 Å². The van der Waals surface area contributed by atoms with Crippen LogP contribution in [0.3, 0.4) is 0 Å². The van der Waals surface area contributed by atoms with Gasteiger partial charge in [-0.05, 0) is 47.9 Å². The normalized spacial score (nSPS) is 10.4. The number of rotatable bonds is 9. The molecule has 0 radical (unpaired) electrons. The fraction of sp³-hybridized carbons (Fsp3) is 0.160. The summed E-state index contributed by atoms with van der Waals surface area (Å²) in [5, 5.41) is 2.40. The summed E-state index contributed by atoms with van der Waals surface area (Å²) in [6.45, 7) is 1.87. The molecule has 3 aromatic carbocycles. The molecule has 33 heavy (non-hydrogen) atoms. The summed E-state index contributed by atoms with van der Waals surface area (Å²) in [7, 11) is 0. The minimum Gasteiger partial charge on any atom is -0.491 e. The molecule has 0 aliphatic carbocycles. The van der Waals surface area contributed by atoms with Crippen LogP contribution in [-0.2, 0) is 19.1 Å². The minimum atomic E-state index is -0.883. The van der Waals surface area contributed by atoms with Crippen molar-refractivity contribution >= 4 is 23.9 Å². The van der Waals surface area contributed by atoms with Gasteiger partial charge in [0.2, 0.25) is 6.29 Å². The molecule has 1 amide bonds. The Labute approximate surface area is 189 Å². The molecule has 0 spiro atoms. The van der Waals surface area contributed by atoms with Gasteiger partial charge in [-0.25, -0.2) is 8.78 Å². The van der Waals surface area contributed by atoms with Crippen molar-refractivity contribution < 1.29 is 32.6 Å². The first kappa shape index (κ1) is 23.6. The van der Waals surface area contributed by atoms with Crippen molar-refractivity contribution in [2.45, 2.75) is 13.3 Å². The summed E-state index contributed by atoms with van der Waals surface area (Å²) in [6.07, 6.45) is 0.0860. The molecule has 0 heterocycles. The largest absolute Gasteiger partial charge is 0.491 e. The fourth-order valence-corrected chi connectivity index (χ4v) is 3.26. The van der Waals surface area contributed by atoms with E-state index in [4.69, 9.17) is 9.47 Å². The fourth-order valence-electron chi connectivity index (χ4n) is 3.26. The third-order valence-electron chi connectivity index (χ3n) is 4.69. The van der Waals surface area contributed by atoms with Gasteiger partial charge in [0.1, 0.15) is 17.4 Å². The van der Waals surface area contributed by atoms with Crippen molar-refractivity contribution in [1.29, 1.82) is 0 Å². The average molecular weight is 453 g/mol. The Bertz CT molecular complexity index is 1160. The quantitative estimate of drug-likeness (QED) is 0.287. The van der Waals surface area contributed by atoms with Crippen molar-refractivity contribution in [1.82, 2.24) is 0 Å². The third-order valence-corrected chi connectivity index (χ3v) is 4.69. The molecule has 8 heteroatoms. The first-order valence-electron chi connectivity index (χ1n) is 10.2. The molecule has 1 N–H and O–H groups in total. The lowest BCUT2D eigenvalue weighted by molar-refractivity contribution is -0.143. The van der Waals surface area contributed by atoms with E-state index in [-0.39, 0.29) is 42.9 Å². The molecule has 0 fully saturated rings. The number of carbonyl (C=O) groups is 3. The SMILES string of the molecule is CCOC(=O)CCOc1cc(-c2ccccc2-c2c(F)cccc2F)ccc1NC(=O)C=O. The molecular formula is C25H21F2NO5. The Hall–Kier alpha value is -4.07. The zero-order valence-electron chi connectivity index (χ0n) is 17.8. The highest BCUT2D eigenvalue weighted by molar-refractivity contribution is 6.29. The minimum absolute atomic E-state index is 0.0316. The zero-order valence-corrected chi connectivity index (χ0v) is 17.8. The van der Waals surface area contributed by atoms with Crippen LogP contribution in [0.5, 0.6) is 5.75 Å². The van der Waals surface area contributed by atoms with E-state index in [9.17, 15) is 23.2 Å². The van der Waals surface area contributed by atoms with Crippen LogP contribution < -0.4 is 10.1 Å². The molecule has 170 valence electrons. The summed E-state index contributed by atoms with van der Waals surface area (Å²) in [5.74, 6) is -2.57. The molecule has 0 saturated carbocycles. The lowest BCUT2D eigenvalue weighted by Gasteiger charge is -2.16. The highest BCUT2D eigenvalue weighted by Gasteiger charge is 2.17. The topological polar surface area (TPSA) is 81.7 Å². The van der Waals surface area contributed by atoms with Gasteiger partial charge in [-0.2, -0.15) is 0 Å². The van der Waals surface area contributed by atoms with Gasteiger partial charge >= 0.3 is 5.97 Å². The maximum absolute atomic E-state index is 14.5. The number of aldehydes is 1. The van der Waals surface area contributed by atoms with Crippen LogP contribution in [0.4, 0.5) is 14.5 Å². The molecule has 6 nitrogen and oxygen atoms in total. The lowest BCUT2D eigenvalue weighted by atomic mass is 9.93. The van der Waals surface area contributed by atoms with Crippen molar-refractivity contribution in [3.63, 3.8) is 0 Å². The van der Waals surface area contributed by atoms with E-state index in [1.807, 2.05) is 0 Å². The van der Waals surface area contributed by atoms with Gasteiger partial charge in [-0.15, -0.1) is 0 Å². The van der Waals surface area contributed by atoms with E-state index >= 15 is 0 Å². The highest BCUT2D eigenvalue weighted by Crippen LogP contribution is 2.38. The van der Waals surface area contributed by atoms with Crippen LogP contribution in [0.1, 0.15) is 13.3 Å². The van der Waals surface area contributed by atoms with Gasteiger partial charge in [0, 0.05) is 0 Å². The number of hydrogen-bond donors (Lipinski definition) is 1. The van der Waals surface area contributed by atoms with E-state index < -0.39 is 23.5 Å². The van der Waals surface area contributed by atoms with E-state index in [1.54, 1.807) is 43.3 Å². The lowest BCUT2D eigenvalue weighted by Crippen LogP contribution is -2.14. The number of halogens is 2. The summed E-state index contributed by atoms with van der Waals surface area (Å²) < 4.78 is 39.5. The number of ether oxygens (including phenoxy) is 2. The van der Waals surface area contributed by atoms with Gasteiger partial charge in [-0.3, -0.25) is 14.4 Å². The van der Waals surface area contributed by atoms with Crippen LogP contribution in [0.15, 0.2) is 60.7 Å². The Balaban J connectivity index is 2.01. The van der Waals surface area contributed by atoms with E-state index in [0.29, 0.717) is 16.7 Å². The number of carbonyl (C=O) groups excluding carboxylic acids is 3. The second-order valence-electron chi connectivity index (χ2n) is 6.86. The van der Waals surface area contributed by atoms with E-state index in [0.717, 1.165) is 0 Å². The van der Waals surface area contributed by atoms with E-state index in [2.05, 4.69) is 5.32 Å². The molecule has 0 atom stereocenters. The average Bonchev–Trinajstić information content (AvgIpc) is 2.80. The second-order valence-corrected chi connectivity index (χ2v) is 6.86. The summed E-state index contributed by atoms with van der Waals surface area (Å²) in [4.78, 5) is 33.9. The predicted octanol–water partition coefficient (Wildman–Crippen LogP) is 4.77. The molecule has 0 unspecified atom stereocenters. The molecule has 0 bridgehead atoms. The molecule has 0 aliphatic heterocycles.